The number of hydrogen-bond acceptors (Lipinski definition) is 3. The standard InChI is InChI=1S/C14H24N4S/c1-10-8-9-13(19-10)11(2)16-14(18-15)17-12-6-4-3-5-7-12/h8-9,11-12H,3-7,15H2,1-2H3,(H2,16,17,18). The molecule has 1 atom stereocenters. The molecule has 1 unspecified atom stereocenters. The van der Waals surface area contributed by atoms with Gasteiger partial charge in [0.25, 0.3) is 0 Å². The topological polar surface area (TPSA) is 62.4 Å². The molecule has 5 heteroatoms. The van der Waals surface area contributed by atoms with Gasteiger partial charge in [0, 0.05) is 9.75 Å². The molecular weight excluding hydrogens is 256 g/mol. The van der Waals surface area contributed by atoms with Crippen molar-refractivity contribution in [3.05, 3.63) is 21.9 Å². The molecule has 0 aliphatic heterocycles. The largest absolute Gasteiger partial charge is 0.348 e. The van der Waals surface area contributed by atoms with Crippen molar-refractivity contribution in [2.45, 2.75) is 58.0 Å². The van der Waals surface area contributed by atoms with Crippen molar-refractivity contribution < 1.29 is 0 Å². The van der Waals surface area contributed by atoms with Crippen LogP contribution in [0.2, 0.25) is 0 Å². The van der Waals surface area contributed by atoms with Gasteiger partial charge in [-0.2, -0.15) is 0 Å². The predicted molar refractivity (Wildman–Crippen MR) is 82.2 cm³/mol. The van der Waals surface area contributed by atoms with E-state index in [0.717, 1.165) is 0 Å². The van der Waals surface area contributed by atoms with Crippen LogP contribution in [0.3, 0.4) is 0 Å². The van der Waals surface area contributed by atoms with Gasteiger partial charge >= 0.3 is 0 Å². The molecule has 1 aliphatic carbocycles. The van der Waals surface area contributed by atoms with Gasteiger partial charge in [0.15, 0.2) is 0 Å². The van der Waals surface area contributed by atoms with E-state index < -0.39 is 0 Å². The number of nitrogens with zero attached hydrogens (tertiary/aromatic N) is 1. The summed E-state index contributed by atoms with van der Waals surface area (Å²) in [6.07, 6.45) is 6.27. The molecule has 0 spiro atoms. The maximum atomic E-state index is 5.58. The Balaban J connectivity index is 1.95. The van der Waals surface area contributed by atoms with Crippen molar-refractivity contribution in [2.75, 3.05) is 0 Å². The third kappa shape index (κ3) is 4.21. The fourth-order valence-corrected chi connectivity index (χ4v) is 3.35. The number of aliphatic imine (C=N–C) groups is 1. The van der Waals surface area contributed by atoms with Gasteiger partial charge in [-0.3, -0.25) is 5.43 Å². The Morgan fingerprint density at radius 3 is 2.68 bits per heavy atom. The van der Waals surface area contributed by atoms with Crippen molar-refractivity contribution in [2.24, 2.45) is 10.8 Å². The average molecular weight is 280 g/mol. The lowest BCUT2D eigenvalue weighted by Gasteiger charge is -2.21. The average Bonchev–Trinajstić information content (AvgIpc) is 2.86. The first-order valence-electron chi connectivity index (χ1n) is 7.06. The van der Waals surface area contributed by atoms with Crippen molar-refractivity contribution in [1.29, 1.82) is 0 Å². The highest BCUT2D eigenvalue weighted by Gasteiger charge is 2.14. The highest BCUT2D eigenvalue weighted by atomic mass is 32.1. The first-order valence-corrected chi connectivity index (χ1v) is 7.88. The number of thiophene rings is 1. The molecule has 0 saturated heterocycles. The van der Waals surface area contributed by atoms with Gasteiger partial charge in [0.1, 0.15) is 0 Å². The molecule has 4 N–H and O–H groups in total. The molecule has 2 rings (SSSR count). The Bertz CT molecular complexity index is 421. The molecule has 19 heavy (non-hydrogen) atoms. The minimum atomic E-state index is 0.233. The van der Waals surface area contributed by atoms with Gasteiger partial charge in [-0.1, -0.05) is 19.3 Å². The molecule has 1 heterocycles. The molecule has 1 saturated carbocycles. The summed E-state index contributed by atoms with van der Waals surface area (Å²) in [4.78, 5) is 7.34. The van der Waals surface area contributed by atoms with E-state index in [0.29, 0.717) is 12.0 Å². The van der Waals surface area contributed by atoms with E-state index in [1.807, 2.05) is 11.3 Å². The lowest BCUT2D eigenvalue weighted by molar-refractivity contribution is 0.440. The van der Waals surface area contributed by atoms with Crippen LogP contribution in [0.25, 0.3) is 0 Å². The van der Waals surface area contributed by atoms with Crippen LogP contribution in [0.5, 0.6) is 0 Å². The van der Waals surface area contributed by atoms with Gasteiger partial charge in [-0.25, -0.2) is 10.8 Å². The number of hydrogen-bond donors (Lipinski definition) is 3. The Labute approximate surface area is 119 Å². The molecule has 1 aromatic rings. The van der Waals surface area contributed by atoms with E-state index >= 15 is 0 Å². The van der Waals surface area contributed by atoms with Crippen LogP contribution >= 0.6 is 11.3 Å². The first kappa shape index (κ1) is 14.3. The van der Waals surface area contributed by atoms with Gasteiger partial charge in [0.2, 0.25) is 5.96 Å². The predicted octanol–water partition coefficient (Wildman–Crippen LogP) is 2.86. The second-order valence-electron chi connectivity index (χ2n) is 5.23. The molecule has 4 nitrogen and oxygen atoms in total. The molecule has 1 fully saturated rings. The van der Waals surface area contributed by atoms with Gasteiger partial charge in [-0.05, 0) is 38.8 Å². The summed E-state index contributed by atoms with van der Waals surface area (Å²) in [6.45, 7) is 4.26. The Kier molecular flexibility index (Phi) is 5.22. The Hall–Kier alpha value is -1.07. The van der Waals surface area contributed by atoms with Crippen LogP contribution in [-0.4, -0.2) is 12.0 Å². The summed E-state index contributed by atoms with van der Waals surface area (Å²) in [5, 5.41) is 3.37. The van der Waals surface area contributed by atoms with E-state index in [1.165, 1.54) is 41.9 Å². The van der Waals surface area contributed by atoms with Crippen LogP contribution in [0.15, 0.2) is 17.1 Å². The molecule has 1 aromatic heterocycles. The van der Waals surface area contributed by atoms with Crippen molar-refractivity contribution >= 4 is 17.3 Å². The number of hydrazine groups is 1. The molecule has 0 radical (unpaired) electrons. The van der Waals surface area contributed by atoms with Crippen LogP contribution < -0.4 is 16.6 Å². The highest BCUT2D eigenvalue weighted by Crippen LogP contribution is 2.23. The molecule has 0 aromatic carbocycles. The molecule has 0 bridgehead atoms. The summed E-state index contributed by atoms with van der Waals surface area (Å²) in [7, 11) is 0. The van der Waals surface area contributed by atoms with Gasteiger partial charge < -0.3 is 5.32 Å². The second kappa shape index (κ2) is 6.91. The van der Waals surface area contributed by atoms with Crippen molar-refractivity contribution in [1.82, 2.24) is 10.7 Å². The smallest absolute Gasteiger partial charge is 0.206 e. The number of nitrogens with one attached hydrogen (secondary N) is 2. The first-order chi connectivity index (χ1) is 9.19. The van der Waals surface area contributed by atoms with Crippen LogP contribution in [-0.2, 0) is 0 Å². The zero-order valence-corrected chi connectivity index (χ0v) is 12.6. The normalized spacial score (nSPS) is 19.2. The third-order valence-corrected chi connectivity index (χ3v) is 4.75. The molecular formula is C14H24N4S. The maximum Gasteiger partial charge on any atom is 0.206 e. The molecule has 1 aliphatic rings. The fourth-order valence-electron chi connectivity index (χ4n) is 2.47. The van der Waals surface area contributed by atoms with Gasteiger partial charge in [-0.15, -0.1) is 11.3 Å². The quantitative estimate of drug-likeness (QED) is 0.345. The second-order valence-corrected chi connectivity index (χ2v) is 6.55. The summed E-state index contributed by atoms with van der Waals surface area (Å²) in [6, 6.07) is 4.96. The Morgan fingerprint density at radius 1 is 1.37 bits per heavy atom. The van der Waals surface area contributed by atoms with E-state index in [4.69, 9.17) is 10.8 Å². The summed E-state index contributed by atoms with van der Waals surface area (Å²) < 4.78 is 0. The Morgan fingerprint density at radius 2 is 2.11 bits per heavy atom. The maximum absolute atomic E-state index is 5.58. The summed E-state index contributed by atoms with van der Waals surface area (Å²) >= 11 is 1.81. The van der Waals surface area contributed by atoms with E-state index in [9.17, 15) is 0 Å². The van der Waals surface area contributed by atoms with E-state index in [-0.39, 0.29) is 6.04 Å². The van der Waals surface area contributed by atoms with Crippen LogP contribution in [0.1, 0.15) is 54.8 Å². The molecule has 0 amide bonds. The lowest BCUT2D eigenvalue weighted by atomic mass is 9.96. The van der Waals surface area contributed by atoms with E-state index in [1.54, 1.807) is 0 Å². The van der Waals surface area contributed by atoms with Crippen LogP contribution in [0, 0.1) is 6.92 Å². The molecule has 106 valence electrons. The minimum Gasteiger partial charge on any atom is -0.348 e. The number of nitrogens with two attached hydrogens (primary N) is 1. The van der Waals surface area contributed by atoms with Crippen molar-refractivity contribution in [3.8, 4) is 0 Å². The summed E-state index contributed by atoms with van der Waals surface area (Å²) in [5.41, 5.74) is 2.70. The fraction of sp³-hybridized carbons (Fsp3) is 0.643. The van der Waals surface area contributed by atoms with Crippen molar-refractivity contribution in [3.63, 3.8) is 0 Å². The van der Waals surface area contributed by atoms with Gasteiger partial charge in [0.05, 0.1) is 12.1 Å². The van der Waals surface area contributed by atoms with E-state index in [2.05, 4.69) is 36.7 Å². The zero-order chi connectivity index (χ0) is 13.7. The SMILES string of the molecule is Cc1ccc(C(C)NC(=NC2CCCCC2)NN)s1. The number of guanidine groups is 1. The third-order valence-electron chi connectivity index (χ3n) is 3.56. The zero-order valence-electron chi connectivity index (χ0n) is 11.8. The van der Waals surface area contributed by atoms with Crippen LogP contribution in [0.4, 0.5) is 0 Å². The monoisotopic (exact) mass is 280 g/mol. The number of rotatable bonds is 3. The number of aryl methyl sites for hydroxylation is 1. The minimum absolute atomic E-state index is 0.233. The summed E-state index contributed by atoms with van der Waals surface area (Å²) in [5.74, 6) is 6.30. The highest BCUT2D eigenvalue weighted by molar-refractivity contribution is 7.12. The lowest BCUT2D eigenvalue weighted by Crippen LogP contribution is -2.43.